The molecule has 1 aliphatic carbocycles. The molecule has 5 atom stereocenters. The van der Waals surface area contributed by atoms with Crippen LogP contribution >= 0.6 is 11.8 Å². The second-order valence-corrected chi connectivity index (χ2v) is 13.7. The molecule has 1 amide bonds. The molecule has 4 N–H and O–H groups in total. The lowest BCUT2D eigenvalue weighted by molar-refractivity contribution is -0.132. The number of piperidine rings is 1. The number of carbonyl (C=O) groups excluding carboxylic acids is 1. The number of phenolic OH excluding ortho intramolecular Hbond substituents is 1. The van der Waals surface area contributed by atoms with Crippen LogP contribution in [0, 0.1) is 18.8 Å². The maximum absolute atomic E-state index is 13.5. The number of β-amino-alcohol motifs (C(OH)–C–C–N with tert-alkyl or cyclic N) is 1. The Balaban J connectivity index is 1.54. The Labute approximate surface area is 244 Å². The quantitative estimate of drug-likeness (QED) is 0.282. The zero-order valence-corrected chi connectivity index (χ0v) is 25.3. The van der Waals surface area contributed by atoms with E-state index in [1.807, 2.05) is 52.0 Å². The Morgan fingerprint density at radius 2 is 1.80 bits per heavy atom. The van der Waals surface area contributed by atoms with E-state index in [1.54, 1.807) is 23.9 Å². The first-order chi connectivity index (χ1) is 19.0. The highest BCUT2D eigenvalue weighted by atomic mass is 32.2. The molecule has 0 radical (unpaired) electrons. The van der Waals surface area contributed by atoms with Crippen LogP contribution in [0.3, 0.4) is 0 Å². The smallest absolute Gasteiger partial charge is 0.237 e. The van der Waals surface area contributed by atoms with Gasteiger partial charge in [-0.3, -0.25) is 9.69 Å². The summed E-state index contributed by atoms with van der Waals surface area (Å²) in [6.45, 7) is 13.4. The molecule has 2 aromatic carbocycles. The van der Waals surface area contributed by atoms with Gasteiger partial charge in [-0.1, -0.05) is 56.2 Å². The third kappa shape index (κ3) is 8.05. The van der Waals surface area contributed by atoms with E-state index in [2.05, 4.69) is 34.2 Å². The van der Waals surface area contributed by atoms with Crippen molar-refractivity contribution >= 4 is 23.4 Å². The second-order valence-electron chi connectivity index (χ2n) is 12.6. The van der Waals surface area contributed by atoms with Gasteiger partial charge in [-0.05, 0) is 70.6 Å². The topological polar surface area (TPSA) is 84.8 Å². The van der Waals surface area contributed by atoms with Crippen LogP contribution in [0.4, 0.5) is 0 Å². The number of hydrogen-bond acceptors (Lipinski definition) is 6. The fourth-order valence-corrected chi connectivity index (χ4v) is 7.23. The lowest BCUT2D eigenvalue weighted by atomic mass is 9.72. The monoisotopic (exact) mass is 565 g/mol. The van der Waals surface area contributed by atoms with Crippen LogP contribution in [0.25, 0.3) is 5.70 Å². The number of fused-ring (bicyclic) bond motifs is 1. The molecule has 3 unspecified atom stereocenters. The molecule has 2 aliphatic rings. The SMILES string of the molecule is C=C(N[C@@H](CSc1ccccc1)C(O)CN1CC2CCCCC2C[C@H]1C(=O)NC(C)(C)C)c1cccc(O)c1C. The van der Waals surface area contributed by atoms with Crippen LogP contribution in [-0.2, 0) is 4.79 Å². The Morgan fingerprint density at radius 1 is 1.10 bits per heavy atom. The normalized spacial score (nSPS) is 23.1. The second kappa shape index (κ2) is 13.5. The van der Waals surface area contributed by atoms with Crippen molar-refractivity contribution in [3.8, 4) is 5.75 Å². The maximum atomic E-state index is 13.5. The molecule has 1 saturated carbocycles. The van der Waals surface area contributed by atoms with Crippen molar-refractivity contribution in [3.63, 3.8) is 0 Å². The summed E-state index contributed by atoms with van der Waals surface area (Å²) in [5, 5.41) is 28.7. The summed E-state index contributed by atoms with van der Waals surface area (Å²) in [6.07, 6.45) is 5.01. The van der Waals surface area contributed by atoms with E-state index in [-0.39, 0.29) is 29.3 Å². The van der Waals surface area contributed by atoms with Gasteiger partial charge in [0.15, 0.2) is 0 Å². The van der Waals surface area contributed by atoms with Gasteiger partial charge in [-0.15, -0.1) is 11.8 Å². The predicted molar refractivity (Wildman–Crippen MR) is 165 cm³/mol. The maximum Gasteiger partial charge on any atom is 0.237 e. The standard InChI is InChI=1S/C33H47N3O3S/c1-22-27(16-11-17-30(22)37)23(2)34-28(21-40-26-14-7-6-8-15-26)31(38)20-36-19-25-13-10-9-12-24(25)18-29(36)32(39)35-33(3,4)5/h6-8,11,14-17,24-25,28-29,31,34,37-38H,2,9-10,12-13,18-21H2,1,3-5H3,(H,35,39)/t24?,25?,28-,29-,31?/m0/s1. The largest absolute Gasteiger partial charge is 0.508 e. The molecular weight excluding hydrogens is 518 g/mol. The van der Waals surface area contributed by atoms with Gasteiger partial charge in [0.2, 0.25) is 5.91 Å². The van der Waals surface area contributed by atoms with E-state index in [0.717, 1.165) is 29.0 Å². The number of carbonyl (C=O) groups is 1. The number of phenols is 1. The Hall–Kier alpha value is -2.48. The van der Waals surface area contributed by atoms with E-state index in [1.165, 1.54) is 25.7 Å². The minimum Gasteiger partial charge on any atom is -0.508 e. The first kappa shape index (κ1) is 30.5. The summed E-state index contributed by atoms with van der Waals surface area (Å²) in [4.78, 5) is 16.9. The summed E-state index contributed by atoms with van der Waals surface area (Å²) in [5.74, 6) is 2.07. The number of benzene rings is 2. The third-order valence-electron chi connectivity index (χ3n) is 8.35. The average Bonchev–Trinajstić information content (AvgIpc) is 2.91. The molecule has 218 valence electrons. The van der Waals surface area contributed by atoms with Gasteiger partial charge in [0.25, 0.3) is 0 Å². The Bertz CT molecular complexity index is 1150. The van der Waals surface area contributed by atoms with E-state index in [9.17, 15) is 15.0 Å². The van der Waals surface area contributed by atoms with Gasteiger partial charge >= 0.3 is 0 Å². The van der Waals surface area contributed by atoms with Crippen LogP contribution in [0.1, 0.15) is 64.0 Å². The van der Waals surface area contributed by atoms with Crippen molar-refractivity contribution < 1.29 is 15.0 Å². The summed E-state index contributed by atoms with van der Waals surface area (Å²) in [5.41, 5.74) is 1.94. The molecule has 7 heteroatoms. The zero-order chi connectivity index (χ0) is 28.9. The Kier molecular flexibility index (Phi) is 10.3. The van der Waals surface area contributed by atoms with Crippen molar-refractivity contribution in [1.82, 2.24) is 15.5 Å². The van der Waals surface area contributed by atoms with Gasteiger partial charge in [0.1, 0.15) is 5.75 Å². The van der Waals surface area contributed by atoms with Crippen molar-refractivity contribution in [1.29, 1.82) is 0 Å². The van der Waals surface area contributed by atoms with Crippen molar-refractivity contribution in [2.24, 2.45) is 11.8 Å². The van der Waals surface area contributed by atoms with Crippen LogP contribution < -0.4 is 10.6 Å². The summed E-state index contributed by atoms with van der Waals surface area (Å²) in [6, 6.07) is 15.0. The number of nitrogens with zero attached hydrogens (tertiary/aromatic N) is 1. The van der Waals surface area contributed by atoms with E-state index >= 15 is 0 Å². The molecule has 40 heavy (non-hydrogen) atoms. The zero-order valence-electron chi connectivity index (χ0n) is 24.5. The van der Waals surface area contributed by atoms with Crippen molar-refractivity contribution in [3.05, 3.63) is 66.2 Å². The lowest BCUT2D eigenvalue weighted by Crippen LogP contribution is -2.60. The van der Waals surface area contributed by atoms with Gasteiger partial charge in [-0.25, -0.2) is 0 Å². The number of amides is 1. The highest BCUT2D eigenvalue weighted by Gasteiger charge is 2.41. The van der Waals surface area contributed by atoms with Gasteiger partial charge in [-0.2, -0.15) is 0 Å². The molecule has 1 aliphatic heterocycles. The molecule has 0 aromatic heterocycles. The fraction of sp³-hybridized carbons (Fsp3) is 0.545. The molecule has 0 spiro atoms. The van der Waals surface area contributed by atoms with E-state index in [0.29, 0.717) is 29.8 Å². The van der Waals surface area contributed by atoms with Crippen LogP contribution in [-0.4, -0.2) is 63.6 Å². The number of aromatic hydroxyl groups is 1. The molecule has 4 rings (SSSR count). The predicted octanol–water partition coefficient (Wildman–Crippen LogP) is 5.58. The number of aliphatic hydroxyl groups excluding tert-OH is 1. The van der Waals surface area contributed by atoms with Crippen molar-refractivity contribution in [2.75, 3.05) is 18.8 Å². The van der Waals surface area contributed by atoms with Crippen LogP contribution in [0.2, 0.25) is 0 Å². The summed E-state index contributed by atoms with van der Waals surface area (Å²) < 4.78 is 0. The molecule has 0 bridgehead atoms. The van der Waals surface area contributed by atoms with E-state index < -0.39 is 6.10 Å². The molecular formula is C33H47N3O3S. The summed E-state index contributed by atoms with van der Waals surface area (Å²) in [7, 11) is 0. The minimum absolute atomic E-state index is 0.0617. The highest BCUT2D eigenvalue weighted by Crippen LogP contribution is 2.39. The molecule has 1 saturated heterocycles. The van der Waals surface area contributed by atoms with Gasteiger partial charge in [0.05, 0.1) is 18.2 Å². The fourth-order valence-electron chi connectivity index (χ4n) is 6.20. The lowest BCUT2D eigenvalue weighted by Gasteiger charge is -2.47. The summed E-state index contributed by atoms with van der Waals surface area (Å²) >= 11 is 1.69. The number of nitrogens with one attached hydrogen (secondary N) is 2. The van der Waals surface area contributed by atoms with Gasteiger partial charge in [0, 0.05) is 46.1 Å². The molecule has 1 heterocycles. The number of aliphatic hydroxyl groups is 1. The Morgan fingerprint density at radius 3 is 2.50 bits per heavy atom. The van der Waals surface area contributed by atoms with Gasteiger partial charge < -0.3 is 20.8 Å². The first-order valence-corrected chi connectivity index (χ1v) is 15.7. The number of rotatable bonds is 10. The van der Waals surface area contributed by atoms with E-state index in [4.69, 9.17) is 0 Å². The molecule has 2 fully saturated rings. The van der Waals surface area contributed by atoms with Crippen molar-refractivity contribution in [2.45, 2.75) is 88.4 Å². The number of hydrogen-bond donors (Lipinski definition) is 4. The third-order valence-corrected chi connectivity index (χ3v) is 9.48. The first-order valence-electron chi connectivity index (χ1n) is 14.7. The number of likely N-dealkylation sites (tertiary alicyclic amines) is 1. The molecule has 6 nitrogen and oxygen atoms in total. The molecule has 2 aromatic rings. The average molecular weight is 566 g/mol. The van der Waals surface area contributed by atoms with Crippen LogP contribution in [0.15, 0.2) is 60.0 Å². The minimum atomic E-state index is -0.726. The van der Waals surface area contributed by atoms with Crippen LogP contribution in [0.5, 0.6) is 5.75 Å². The highest BCUT2D eigenvalue weighted by molar-refractivity contribution is 7.99. The number of thioether (sulfide) groups is 1.